The van der Waals surface area contributed by atoms with Crippen LogP contribution in [0.3, 0.4) is 0 Å². The Kier molecular flexibility index (Phi) is 6.26. The molecule has 100 valence electrons. The zero-order valence-electron chi connectivity index (χ0n) is 11.2. The molecule has 19 heavy (non-hydrogen) atoms. The van der Waals surface area contributed by atoms with Crippen molar-refractivity contribution >= 4 is 6.47 Å². The maximum absolute atomic E-state index is 8.95. The molecule has 4 nitrogen and oxygen atoms in total. The minimum Gasteiger partial charge on any atom is -0.471 e. The maximum Gasteiger partial charge on any atom is 0.292 e. The number of carbonyl (C=O) groups excluding carboxylic acids is 1. The molecule has 0 radical (unpaired) electrons. The van der Waals surface area contributed by atoms with E-state index >= 15 is 0 Å². The smallest absolute Gasteiger partial charge is 0.292 e. The van der Waals surface area contributed by atoms with Crippen LogP contribution in [0.2, 0.25) is 0 Å². The summed E-state index contributed by atoms with van der Waals surface area (Å²) in [6.07, 6.45) is 0. The van der Waals surface area contributed by atoms with E-state index in [4.69, 9.17) is 10.5 Å². The number of aryl methyl sites for hydroxylation is 1. The molecule has 0 bridgehead atoms. The van der Waals surface area contributed by atoms with E-state index in [0.717, 1.165) is 11.4 Å². The average Bonchev–Trinajstić information content (AvgIpc) is 2.47. The standard InChI is InChI=1S/C13H14N2.C2H4O2/c1-10-7-12(8-13(9-14)15-10)11-5-3-2-4-6-11;1-4-2-3/h2-8H,9,14H2,1H3;2H,1H3. The monoisotopic (exact) mass is 258 g/mol. The van der Waals surface area contributed by atoms with Crippen molar-refractivity contribution < 1.29 is 9.53 Å². The molecule has 1 heterocycles. The molecule has 0 spiro atoms. The van der Waals surface area contributed by atoms with Gasteiger partial charge >= 0.3 is 0 Å². The minimum absolute atomic E-state index is 0.375. The molecule has 2 N–H and O–H groups in total. The number of nitrogens with two attached hydrogens (primary N) is 1. The predicted octanol–water partition coefficient (Wildman–Crippen LogP) is 2.30. The first-order valence-electron chi connectivity index (χ1n) is 5.90. The zero-order chi connectivity index (χ0) is 14.1. The van der Waals surface area contributed by atoms with Crippen LogP contribution in [0.1, 0.15) is 11.4 Å². The average molecular weight is 258 g/mol. The lowest BCUT2D eigenvalue weighted by molar-refractivity contribution is -0.126. The lowest BCUT2D eigenvalue weighted by Crippen LogP contribution is -2.00. The molecule has 1 aromatic carbocycles. The lowest BCUT2D eigenvalue weighted by Gasteiger charge is -2.05. The molecular weight excluding hydrogens is 240 g/mol. The highest BCUT2D eigenvalue weighted by molar-refractivity contribution is 5.63. The predicted molar refractivity (Wildman–Crippen MR) is 75.4 cm³/mol. The van der Waals surface area contributed by atoms with Crippen LogP contribution in [0.5, 0.6) is 0 Å². The van der Waals surface area contributed by atoms with Gasteiger partial charge in [0, 0.05) is 12.2 Å². The molecule has 1 aromatic heterocycles. The van der Waals surface area contributed by atoms with Gasteiger partial charge in [-0.25, -0.2) is 0 Å². The van der Waals surface area contributed by atoms with Crippen molar-refractivity contribution in [3.05, 3.63) is 53.9 Å². The Morgan fingerprint density at radius 2 is 1.84 bits per heavy atom. The Morgan fingerprint density at radius 3 is 2.37 bits per heavy atom. The van der Waals surface area contributed by atoms with Crippen molar-refractivity contribution in [2.45, 2.75) is 13.5 Å². The van der Waals surface area contributed by atoms with Gasteiger partial charge in [-0.3, -0.25) is 9.78 Å². The summed E-state index contributed by atoms with van der Waals surface area (Å²) in [6.45, 7) is 2.85. The van der Waals surface area contributed by atoms with Gasteiger partial charge in [-0.15, -0.1) is 0 Å². The summed E-state index contributed by atoms with van der Waals surface area (Å²) >= 11 is 0. The molecule has 0 aliphatic rings. The van der Waals surface area contributed by atoms with Crippen LogP contribution in [0.4, 0.5) is 0 Å². The SMILES string of the molecule is COC=O.Cc1cc(-c2ccccc2)cc(CN)n1. The first-order valence-corrected chi connectivity index (χ1v) is 5.90. The fraction of sp³-hybridized carbons (Fsp3) is 0.200. The van der Waals surface area contributed by atoms with Gasteiger partial charge in [-0.2, -0.15) is 0 Å². The van der Waals surface area contributed by atoms with E-state index in [9.17, 15) is 0 Å². The summed E-state index contributed by atoms with van der Waals surface area (Å²) in [6, 6.07) is 14.4. The third-order valence-corrected chi connectivity index (χ3v) is 2.42. The molecular formula is C15H18N2O2. The van der Waals surface area contributed by atoms with E-state index in [-0.39, 0.29) is 0 Å². The number of hydrogen-bond acceptors (Lipinski definition) is 4. The van der Waals surface area contributed by atoms with Crippen LogP contribution in [-0.4, -0.2) is 18.6 Å². The number of nitrogens with zero attached hydrogens (tertiary/aromatic N) is 1. The molecule has 2 aromatic rings. The van der Waals surface area contributed by atoms with Gasteiger partial charge in [0.25, 0.3) is 6.47 Å². The molecule has 0 aliphatic heterocycles. The Balaban J connectivity index is 0.000000399. The van der Waals surface area contributed by atoms with Crippen LogP contribution in [0.15, 0.2) is 42.5 Å². The number of aromatic nitrogens is 1. The summed E-state index contributed by atoms with van der Waals surface area (Å²) in [5.74, 6) is 0. The van der Waals surface area contributed by atoms with E-state index < -0.39 is 0 Å². The maximum atomic E-state index is 8.95. The number of methoxy groups -OCH3 is 1. The van der Waals surface area contributed by atoms with Crippen molar-refractivity contribution in [1.29, 1.82) is 0 Å². The number of ether oxygens (including phenoxy) is 1. The number of pyridine rings is 1. The number of rotatable bonds is 3. The van der Waals surface area contributed by atoms with Gasteiger partial charge in [0.2, 0.25) is 0 Å². The van der Waals surface area contributed by atoms with Crippen molar-refractivity contribution in [3.8, 4) is 11.1 Å². The Labute approximate surface area is 113 Å². The van der Waals surface area contributed by atoms with Gasteiger partial charge < -0.3 is 10.5 Å². The first-order chi connectivity index (χ1) is 9.21. The first kappa shape index (κ1) is 14.9. The summed E-state index contributed by atoms with van der Waals surface area (Å²) in [5, 5.41) is 0. The van der Waals surface area contributed by atoms with Crippen molar-refractivity contribution in [3.63, 3.8) is 0 Å². The van der Waals surface area contributed by atoms with E-state index in [0.29, 0.717) is 13.0 Å². The van der Waals surface area contributed by atoms with Crippen LogP contribution >= 0.6 is 0 Å². The van der Waals surface area contributed by atoms with E-state index in [1.54, 1.807) is 0 Å². The van der Waals surface area contributed by atoms with E-state index in [1.165, 1.54) is 18.2 Å². The largest absolute Gasteiger partial charge is 0.471 e. The summed E-state index contributed by atoms with van der Waals surface area (Å²) in [7, 11) is 1.31. The van der Waals surface area contributed by atoms with Crippen molar-refractivity contribution in [1.82, 2.24) is 4.98 Å². The quantitative estimate of drug-likeness (QED) is 0.858. The highest BCUT2D eigenvalue weighted by Gasteiger charge is 2.00. The summed E-state index contributed by atoms with van der Waals surface area (Å²) < 4.78 is 3.86. The third kappa shape index (κ3) is 4.89. The summed E-state index contributed by atoms with van der Waals surface area (Å²) in [5.41, 5.74) is 9.94. The fourth-order valence-corrected chi connectivity index (χ4v) is 1.64. The van der Waals surface area contributed by atoms with E-state index in [1.807, 2.05) is 31.2 Å². The highest BCUT2D eigenvalue weighted by atomic mass is 16.5. The van der Waals surface area contributed by atoms with Crippen LogP contribution in [-0.2, 0) is 16.1 Å². The topological polar surface area (TPSA) is 65.2 Å². The Morgan fingerprint density at radius 1 is 1.21 bits per heavy atom. The highest BCUT2D eigenvalue weighted by Crippen LogP contribution is 2.20. The molecule has 0 saturated carbocycles. The second-order valence-electron chi connectivity index (χ2n) is 3.89. The van der Waals surface area contributed by atoms with Gasteiger partial charge in [-0.05, 0) is 30.2 Å². The van der Waals surface area contributed by atoms with Gasteiger partial charge in [-0.1, -0.05) is 30.3 Å². The Bertz CT molecular complexity index is 513. The molecule has 0 fully saturated rings. The van der Waals surface area contributed by atoms with E-state index in [2.05, 4.69) is 27.9 Å². The van der Waals surface area contributed by atoms with Crippen molar-refractivity contribution in [2.75, 3.05) is 7.11 Å². The second kappa shape index (κ2) is 8.00. The molecule has 0 amide bonds. The second-order valence-corrected chi connectivity index (χ2v) is 3.89. The molecule has 4 heteroatoms. The normalized spacial score (nSPS) is 9.21. The van der Waals surface area contributed by atoms with Crippen molar-refractivity contribution in [2.24, 2.45) is 5.73 Å². The van der Waals surface area contributed by atoms with Crippen LogP contribution in [0, 0.1) is 6.92 Å². The molecule has 0 saturated heterocycles. The number of benzene rings is 1. The van der Waals surface area contributed by atoms with Gasteiger partial charge in [0.1, 0.15) is 0 Å². The zero-order valence-corrected chi connectivity index (χ0v) is 11.2. The van der Waals surface area contributed by atoms with Gasteiger partial charge in [0.05, 0.1) is 12.8 Å². The molecule has 0 aliphatic carbocycles. The minimum atomic E-state index is 0.375. The van der Waals surface area contributed by atoms with Gasteiger partial charge in [0.15, 0.2) is 0 Å². The third-order valence-electron chi connectivity index (χ3n) is 2.42. The van der Waals surface area contributed by atoms with Crippen LogP contribution in [0.25, 0.3) is 11.1 Å². The number of hydrogen-bond donors (Lipinski definition) is 1. The lowest BCUT2D eigenvalue weighted by atomic mass is 10.1. The molecule has 0 atom stereocenters. The van der Waals surface area contributed by atoms with Crippen LogP contribution < -0.4 is 5.73 Å². The fourth-order valence-electron chi connectivity index (χ4n) is 1.64. The summed E-state index contributed by atoms with van der Waals surface area (Å²) in [4.78, 5) is 13.3. The molecule has 2 rings (SSSR count). The Hall–Kier alpha value is -2.20. The molecule has 0 unspecified atom stereocenters. The number of carbonyl (C=O) groups is 1.